The van der Waals surface area contributed by atoms with Crippen LogP contribution in [0, 0.1) is 5.92 Å². The zero-order valence-electron chi connectivity index (χ0n) is 13.5. The lowest BCUT2D eigenvalue weighted by Crippen LogP contribution is -2.12. The third-order valence-electron chi connectivity index (χ3n) is 3.38. The van der Waals surface area contributed by atoms with Crippen molar-refractivity contribution in [1.82, 2.24) is 15.0 Å². The molecule has 0 bridgehead atoms. The fourth-order valence-corrected chi connectivity index (χ4v) is 2.04. The van der Waals surface area contributed by atoms with E-state index >= 15 is 0 Å². The highest BCUT2D eigenvalue weighted by molar-refractivity contribution is 5.86. The number of aromatic carboxylic acids is 1. The number of methoxy groups -OCH3 is 1. The molecule has 1 heterocycles. The second-order valence-electron chi connectivity index (χ2n) is 5.56. The summed E-state index contributed by atoms with van der Waals surface area (Å²) in [5.74, 6) is 0.648. The van der Waals surface area contributed by atoms with Gasteiger partial charge in [0.05, 0.1) is 7.11 Å². The Morgan fingerprint density at radius 2 is 2.09 bits per heavy atom. The van der Waals surface area contributed by atoms with Crippen molar-refractivity contribution >= 4 is 5.97 Å². The van der Waals surface area contributed by atoms with E-state index in [1.165, 1.54) is 0 Å². The van der Waals surface area contributed by atoms with Crippen LogP contribution in [0.2, 0.25) is 0 Å². The minimum atomic E-state index is -1.11. The van der Waals surface area contributed by atoms with Gasteiger partial charge in [-0.15, -0.1) is 5.10 Å². The van der Waals surface area contributed by atoms with E-state index in [0.717, 1.165) is 6.42 Å². The fraction of sp³-hybridized carbons (Fsp3) is 0.438. The number of hydrogen-bond donors (Lipinski definition) is 1. The topological polar surface area (TPSA) is 86.5 Å². The Morgan fingerprint density at radius 1 is 1.35 bits per heavy atom. The molecule has 23 heavy (non-hydrogen) atoms. The minimum Gasteiger partial charge on any atom is -0.497 e. The summed E-state index contributed by atoms with van der Waals surface area (Å²) in [6, 6.07) is 7.14. The lowest BCUT2D eigenvalue weighted by Gasteiger charge is -2.11. The summed E-state index contributed by atoms with van der Waals surface area (Å²) >= 11 is 0. The van der Waals surface area contributed by atoms with E-state index < -0.39 is 5.97 Å². The molecular formula is C16H21N3O4. The van der Waals surface area contributed by atoms with E-state index in [2.05, 4.69) is 24.2 Å². The maximum Gasteiger partial charge on any atom is 0.358 e. The second-order valence-corrected chi connectivity index (χ2v) is 5.56. The number of benzene rings is 1. The quantitative estimate of drug-likeness (QED) is 0.805. The van der Waals surface area contributed by atoms with Gasteiger partial charge in [0.2, 0.25) is 0 Å². The molecule has 0 saturated carbocycles. The van der Waals surface area contributed by atoms with E-state index in [9.17, 15) is 9.90 Å². The smallest absolute Gasteiger partial charge is 0.358 e. The molecule has 2 rings (SSSR count). The van der Waals surface area contributed by atoms with Gasteiger partial charge in [0.1, 0.15) is 23.8 Å². The van der Waals surface area contributed by atoms with Crippen molar-refractivity contribution in [3.63, 3.8) is 0 Å². The molecular weight excluding hydrogens is 298 g/mol. The number of ether oxygens (including phenoxy) is 2. The Bertz CT molecular complexity index is 667. The maximum absolute atomic E-state index is 11.3. The summed E-state index contributed by atoms with van der Waals surface area (Å²) in [5, 5.41) is 16.9. The van der Waals surface area contributed by atoms with Crippen molar-refractivity contribution in [3.05, 3.63) is 35.7 Å². The van der Waals surface area contributed by atoms with Gasteiger partial charge in [0, 0.05) is 12.6 Å². The number of rotatable bonds is 8. The van der Waals surface area contributed by atoms with Gasteiger partial charge in [-0.05, 0) is 24.5 Å². The average molecular weight is 319 g/mol. The van der Waals surface area contributed by atoms with Crippen LogP contribution in [0.4, 0.5) is 0 Å². The predicted molar refractivity (Wildman–Crippen MR) is 83.8 cm³/mol. The highest BCUT2D eigenvalue weighted by atomic mass is 16.5. The number of aromatic nitrogens is 3. The molecule has 0 unspecified atom stereocenters. The van der Waals surface area contributed by atoms with Gasteiger partial charge in [0.25, 0.3) is 0 Å². The number of carboxylic acids is 1. The molecule has 7 nitrogen and oxygen atoms in total. The fourth-order valence-electron chi connectivity index (χ4n) is 2.04. The summed E-state index contributed by atoms with van der Waals surface area (Å²) in [5.41, 5.74) is 0.387. The Kier molecular flexibility index (Phi) is 5.56. The van der Waals surface area contributed by atoms with E-state index in [1.807, 2.05) is 6.07 Å². The van der Waals surface area contributed by atoms with E-state index in [1.54, 1.807) is 30.0 Å². The number of aryl methyl sites for hydroxylation is 1. The van der Waals surface area contributed by atoms with Gasteiger partial charge in [0.15, 0.2) is 5.69 Å². The normalized spacial score (nSPS) is 10.8. The first-order chi connectivity index (χ1) is 11.0. The van der Waals surface area contributed by atoms with Crippen LogP contribution in [0.1, 0.15) is 36.5 Å². The molecule has 2 aromatic rings. The van der Waals surface area contributed by atoms with Gasteiger partial charge >= 0.3 is 5.97 Å². The molecule has 0 saturated heterocycles. The molecule has 124 valence electrons. The molecule has 1 N–H and O–H groups in total. The van der Waals surface area contributed by atoms with Crippen LogP contribution in [0.25, 0.3) is 0 Å². The van der Waals surface area contributed by atoms with Crippen LogP contribution in [0.15, 0.2) is 24.3 Å². The molecule has 0 radical (unpaired) electrons. The monoisotopic (exact) mass is 319 g/mol. The maximum atomic E-state index is 11.3. The number of hydrogen-bond acceptors (Lipinski definition) is 5. The lowest BCUT2D eigenvalue weighted by atomic mass is 10.1. The number of nitrogens with zero attached hydrogens (tertiary/aromatic N) is 3. The van der Waals surface area contributed by atoms with Crippen molar-refractivity contribution in [2.45, 2.75) is 33.4 Å². The van der Waals surface area contributed by atoms with Crippen molar-refractivity contribution in [3.8, 4) is 11.5 Å². The Hall–Kier alpha value is -2.57. The summed E-state index contributed by atoms with van der Waals surface area (Å²) < 4.78 is 12.4. The third kappa shape index (κ3) is 4.45. The largest absolute Gasteiger partial charge is 0.497 e. The molecule has 0 amide bonds. The first-order valence-corrected chi connectivity index (χ1v) is 7.43. The first kappa shape index (κ1) is 16.8. The molecule has 0 atom stereocenters. The summed E-state index contributed by atoms with van der Waals surface area (Å²) in [6.45, 7) is 4.89. The molecule has 0 aliphatic heterocycles. The Balaban J connectivity index is 2.15. The van der Waals surface area contributed by atoms with Crippen molar-refractivity contribution < 1.29 is 19.4 Å². The lowest BCUT2D eigenvalue weighted by molar-refractivity contribution is 0.0687. The zero-order valence-corrected chi connectivity index (χ0v) is 13.5. The van der Waals surface area contributed by atoms with Crippen LogP contribution in [0.5, 0.6) is 11.5 Å². The van der Waals surface area contributed by atoms with Crippen LogP contribution in [-0.2, 0) is 13.2 Å². The standard InChI is InChI=1S/C16H21N3O4/c1-11(2)7-8-19-14(15(16(20)21)17-18-19)10-23-13-6-4-5-12(9-13)22-3/h4-6,9,11H,7-8,10H2,1-3H3,(H,20,21). The minimum absolute atomic E-state index is 0.0725. The van der Waals surface area contributed by atoms with Crippen molar-refractivity contribution in [1.29, 1.82) is 0 Å². The predicted octanol–water partition coefficient (Wildman–Crippen LogP) is 2.61. The van der Waals surface area contributed by atoms with Gasteiger partial charge in [-0.25, -0.2) is 9.48 Å². The first-order valence-electron chi connectivity index (χ1n) is 7.43. The summed E-state index contributed by atoms with van der Waals surface area (Å²) in [7, 11) is 1.58. The van der Waals surface area contributed by atoms with Crippen LogP contribution < -0.4 is 9.47 Å². The van der Waals surface area contributed by atoms with Gasteiger partial charge < -0.3 is 14.6 Å². The number of carbonyl (C=O) groups is 1. The molecule has 0 aliphatic rings. The van der Waals surface area contributed by atoms with Crippen LogP contribution in [0.3, 0.4) is 0 Å². The van der Waals surface area contributed by atoms with Crippen LogP contribution >= 0.6 is 0 Å². The van der Waals surface area contributed by atoms with E-state index in [0.29, 0.717) is 29.7 Å². The van der Waals surface area contributed by atoms with Crippen LogP contribution in [-0.4, -0.2) is 33.2 Å². The summed E-state index contributed by atoms with van der Waals surface area (Å²) in [6.07, 6.45) is 0.884. The molecule has 0 fully saturated rings. The van der Waals surface area contributed by atoms with Gasteiger partial charge in [-0.1, -0.05) is 25.1 Å². The Morgan fingerprint density at radius 3 is 2.74 bits per heavy atom. The average Bonchev–Trinajstić information content (AvgIpc) is 2.94. The second kappa shape index (κ2) is 7.62. The number of carboxylic acid groups (broad SMARTS) is 1. The van der Waals surface area contributed by atoms with E-state index in [-0.39, 0.29) is 12.3 Å². The van der Waals surface area contributed by atoms with Crippen molar-refractivity contribution in [2.75, 3.05) is 7.11 Å². The SMILES string of the molecule is COc1cccc(OCc2c(C(=O)O)nnn2CCC(C)C)c1. The van der Waals surface area contributed by atoms with Gasteiger partial charge in [-0.2, -0.15) is 0 Å². The molecule has 0 spiro atoms. The third-order valence-corrected chi connectivity index (χ3v) is 3.38. The highest BCUT2D eigenvalue weighted by Crippen LogP contribution is 2.20. The molecule has 1 aromatic heterocycles. The van der Waals surface area contributed by atoms with Crippen molar-refractivity contribution in [2.24, 2.45) is 5.92 Å². The van der Waals surface area contributed by atoms with Gasteiger partial charge in [-0.3, -0.25) is 0 Å². The Labute approximate surface area is 134 Å². The highest BCUT2D eigenvalue weighted by Gasteiger charge is 2.19. The summed E-state index contributed by atoms with van der Waals surface area (Å²) in [4.78, 5) is 11.3. The molecule has 7 heteroatoms. The molecule has 1 aromatic carbocycles. The zero-order chi connectivity index (χ0) is 16.8. The van der Waals surface area contributed by atoms with E-state index in [4.69, 9.17) is 9.47 Å². The molecule has 0 aliphatic carbocycles.